The van der Waals surface area contributed by atoms with Crippen molar-refractivity contribution in [3.8, 4) is 0 Å². The predicted octanol–water partition coefficient (Wildman–Crippen LogP) is 2.05. The zero-order chi connectivity index (χ0) is 18.7. The van der Waals surface area contributed by atoms with Crippen LogP contribution in [0.3, 0.4) is 0 Å². The summed E-state index contributed by atoms with van der Waals surface area (Å²) in [5, 5.41) is 16.8. The molecule has 0 aliphatic rings. The number of carboxylic acid groups (broad SMARTS) is 2. The largest absolute Gasteiger partial charge is 0.490 e. The fraction of sp³-hybridized carbons (Fsp3) is 0.700. The summed E-state index contributed by atoms with van der Waals surface area (Å²) >= 11 is 0. The molecule has 0 heterocycles. The monoisotopic (exact) mass is 343 g/mol. The van der Waals surface area contributed by atoms with Gasteiger partial charge in [-0.3, -0.25) is 4.79 Å². The molecule has 132 valence electrons. The van der Waals surface area contributed by atoms with Crippen molar-refractivity contribution in [3.05, 3.63) is 0 Å². The Morgan fingerprint density at radius 2 is 1.14 bits per heavy atom. The molecule has 0 unspecified atom stereocenters. The lowest BCUT2D eigenvalue weighted by atomic mass is 10.1. The standard InChI is InChI=1S/C6H13NO.2C2HF3O2/c1-5(2)4-6(8)7-3;2*3-2(4,5)1(6)7/h5H,4H2,1-3H3,(H,7,8);2*(H,6,7). The third kappa shape index (κ3) is 20.3. The van der Waals surface area contributed by atoms with E-state index < -0.39 is 24.3 Å². The number of amides is 1. The Morgan fingerprint density at radius 1 is 0.909 bits per heavy atom. The minimum absolute atomic E-state index is 0.125. The summed E-state index contributed by atoms with van der Waals surface area (Å²) < 4.78 is 63.5. The summed E-state index contributed by atoms with van der Waals surface area (Å²) in [6.07, 6.45) is -9.53. The summed E-state index contributed by atoms with van der Waals surface area (Å²) in [6.45, 7) is 4.05. The van der Waals surface area contributed by atoms with Crippen LogP contribution < -0.4 is 5.32 Å². The van der Waals surface area contributed by atoms with Gasteiger partial charge in [-0.2, -0.15) is 26.3 Å². The molecule has 0 fully saturated rings. The van der Waals surface area contributed by atoms with Gasteiger partial charge in [0, 0.05) is 13.5 Å². The molecule has 12 heteroatoms. The number of hydrogen-bond donors (Lipinski definition) is 3. The highest BCUT2D eigenvalue weighted by Gasteiger charge is 2.38. The molecule has 0 aromatic carbocycles. The van der Waals surface area contributed by atoms with Gasteiger partial charge in [0.05, 0.1) is 0 Å². The molecule has 3 N–H and O–H groups in total. The number of alkyl halides is 6. The van der Waals surface area contributed by atoms with E-state index in [-0.39, 0.29) is 5.91 Å². The number of nitrogens with one attached hydrogen (secondary N) is 1. The fourth-order valence-electron chi connectivity index (χ4n) is 0.473. The van der Waals surface area contributed by atoms with E-state index in [1.807, 2.05) is 13.8 Å². The van der Waals surface area contributed by atoms with Gasteiger partial charge in [0.25, 0.3) is 0 Å². The van der Waals surface area contributed by atoms with Crippen LogP contribution in [0.15, 0.2) is 0 Å². The first kappa shape index (κ1) is 25.0. The summed E-state index contributed by atoms with van der Waals surface area (Å²) in [4.78, 5) is 28.3. The maximum Gasteiger partial charge on any atom is 0.490 e. The van der Waals surface area contributed by atoms with Crippen molar-refractivity contribution in [3.63, 3.8) is 0 Å². The Labute approximate surface area is 121 Å². The van der Waals surface area contributed by atoms with Gasteiger partial charge in [0.15, 0.2) is 0 Å². The number of halogens is 6. The summed E-state index contributed by atoms with van der Waals surface area (Å²) in [5.74, 6) is -4.92. The van der Waals surface area contributed by atoms with Gasteiger partial charge in [-0.05, 0) is 5.92 Å². The van der Waals surface area contributed by atoms with Crippen LogP contribution in [-0.2, 0) is 14.4 Å². The number of aliphatic carboxylic acids is 2. The normalized spacial score (nSPS) is 10.6. The van der Waals surface area contributed by atoms with Crippen LogP contribution in [0.25, 0.3) is 0 Å². The Kier molecular flexibility index (Phi) is 12.1. The third-order valence-corrected chi connectivity index (χ3v) is 1.36. The number of carbonyl (C=O) groups excluding carboxylic acids is 1. The van der Waals surface area contributed by atoms with E-state index in [1.54, 1.807) is 7.05 Å². The smallest absolute Gasteiger partial charge is 0.475 e. The summed E-state index contributed by atoms with van der Waals surface area (Å²) in [7, 11) is 1.66. The van der Waals surface area contributed by atoms with Gasteiger partial charge in [0.2, 0.25) is 5.91 Å². The van der Waals surface area contributed by atoms with E-state index in [4.69, 9.17) is 19.8 Å². The van der Waals surface area contributed by atoms with Crippen LogP contribution in [0.2, 0.25) is 0 Å². The highest BCUT2D eigenvalue weighted by atomic mass is 19.4. The second kappa shape index (κ2) is 10.7. The molecule has 0 spiro atoms. The first-order valence-electron chi connectivity index (χ1n) is 5.36. The van der Waals surface area contributed by atoms with Crippen LogP contribution in [0.4, 0.5) is 26.3 Å². The molecule has 0 bridgehead atoms. The highest BCUT2D eigenvalue weighted by Crippen LogP contribution is 2.13. The number of carboxylic acids is 2. The molecule has 0 saturated carbocycles. The molecule has 0 rings (SSSR count). The molecular formula is C10H15F6NO5. The van der Waals surface area contributed by atoms with Gasteiger partial charge >= 0.3 is 24.3 Å². The van der Waals surface area contributed by atoms with Crippen molar-refractivity contribution in [2.45, 2.75) is 32.6 Å². The molecule has 0 saturated heterocycles. The average molecular weight is 343 g/mol. The van der Waals surface area contributed by atoms with Crippen LogP contribution in [0.1, 0.15) is 20.3 Å². The van der Waals surface area contributed by atoms with Crippen molar-refractivity contribution in [2.75, 3.05) is 7.05 Å². The summed E-state index contributed by atoms with van der Waals surface area (Å²) in [5.41, 5.74) is 0. The van der Waals surface area contributed by atoms with Crippen molar-refractivity contribution in [1.29, 1.82) is 0 Å². The number of hydrogen-bond acceptors (Lipinski definition) is 3. The molecule has 0 aliphatic heterocycles. The van der Waals surface area contributed by atoms with Gasteiger partial charge in [0.1, 0.15) is 0 Å². The molecular weight excluding hydrogens is 328 g/mol. The maximum absolute atomic E-state index is 10.6. The van der Waals surface area contributed by atoms with E-state index in [2.05, 4.69) is 5.32 Å². The SMILES string of the molecule is CNC(=O)CC(C)C.O=C(O)C(F)(F)F.O=C(O)C(F)(F)F. The fourth-order valence-corrected chi connectivity index (χ4v) is 0.473. The molecule has 0 aliphatic carbocycles. The topological polar surface area (TPSA) is 104 Å². The van der Waals surface area contributed by atoms with Gasteiger partial charge in [-0.15, -0.1) is 0 Å². The molecule has 0 atom stereocenters. The Bertz CT molecular complexity index is 340. The van der Waals surface area contributed by atoms with Crippen molar-refractivity contribution in [2.24, 2.45) is 5.92 Å². The second-order valence-corrected chi connectivity index (χ2v) is 3.88. The maximum atomic E-state index is 10.6. The molecule has 6 nitrogen and oxygen atoms in total. The molecule has 0 radical (unpaired) electrons. The van der Waals surface area contributed by atoms with Crippen LogP contribution >= 0.6 is 0 Å². The Morgan fingerprint density at radius 3 is 1.18 bits per heavy atom. The van der Waals surface area contributed by atoms with E-state index in [9.17, 15) is 31.1 Å². The third-order valence-electron chi connectivity index (χ3n) is 1.36. The quantitative estimate of drug-likeness (QED) is 0.666. The number of rotatable bonds is 2. The van der Waals surface area contributed by atoms with E-state index in [0.717, 1.165) is 0 Å². The zero-order valence-electron chi connectivity index (χ0n) is 11.7. The lowest BCUT2D eigenvalue weighted by Crippen LogP contribution is -2.21. The van der Waals surface area contributed by atoms with Crippen molar-refractivity contribution in [1.82, 2.24) is 5.32 Å². The molecule has 0 aromatic rings. The summed E-state index contributed by atoms with van der Waals surface area (Å²) in [6, 6.07) is 0. The van der Waals surface area contributed by atoms with Gasteiger partial charge in [-0.1, -0.05) is 13.8 Å². The van der Waals surface area contributed by atoms with Gasteiger partial charge in [-0.25, -0.2) is 9.59 Å². The van der Waals surface area contributed by atoms with Crippen LogP contribution in [0.5, 0.6) is 0 Å². The first-order chi connectivity index (χ1) is 9.55. The van der Waals surface area contributed by atoms with Crippen molar-refractivity contribution < 1.29 is 50.9 Å². The number of carbonyl (C=O) groups is 3. The lowest BCUT2D eigenvalue weighted by Gasteiger charge is -2.00. The zero-order valence-corrected chi connectivity index (χ0v) is 11.7. The molecule has 22 heavy (non-hydrogen) atoms. The first-order valence-corrected chi connectivity index (χ1v) is 5.36. The second-order valence-electron chi connectivity index (χ2n) is 3.88. The van der Waals surface area contributed by atoms with Crippen LogP contribution in [0, 0.1) is 5.92 Å². The van der Waals surface area contributed by atoms with Crippen molar-refractivity contribution >= 4 is 17.8 Å². The molecule has 1 amide bonds. The lowest BCUT2D eigenvalue weighted by molar-refractivity contribution is -0.193. The van der Waals surface area contributed by atoms with E-state index in [0.29, 0.717) is 12.3 Å². The minimum Gasteiger partial charge on any atom is -0.475 e. The average Bonchev–Trinajstić information content (AvgIpc) is 2.26. The minimum atomic E-state index is -5.08. The Balaban J connectivity index is -0.000000247. The highest BCUT2D eigenvalue weighted by molar-refractivity contribution is 5.75. The molecule has 0 aromatic heterocycles. The Hall–Kier alpha value is -2.01. The van der Waals surface area contributed by atoms with Gasteiger partial charge < -0.3 is 15.5 Å². The van der Waals surface area contributed by atoms with E-state index in [1.165, 1.54) is 0 Å². The predicted molar refractivity (Wildman–Crippen MR) is 60.9 cm³/mol. The van der Waals surface area contributed by atoms with Crippen LogP contribution in [-0.4, -0.2) is 47.5 Å². The van der Waals surface area contributed by atoms with E-state index >= 15 is 0 Å².